The molecular weight excluding hydrogens is 258 g/mol. The van der Waals surface area contributed by atoms with Crippen LogP contribution in [0.25, 0.3) is 0 Å². The summed E-state index contributed by atoms with van der Waals surface area (Å²) in [4.78, 5) is 22.4. The van der Waals surface area contributed by atoms with Gasteiger partial charge in [-0.2, -0.15) is 5.10 Å². The number of rotatable bonds is 4. The first-order chi connectivity index (χ1) is 9.54. The second kappa shape index (κ2) is 6.10. The number of nitrogens with one attached hydrogen (secondary N) is 2. The van der Waals surface area contributed by atoms with Gasteiger partial charge in [0.05, 0.1) is 12.1 Å². The van der Waals surface area contributed by atoms with Crippen molar-refractivity contribution in [3.8, 4) is 5.75 Å². The Hall–Kier alpha value is -2.50. The lowest BCUT2D eigenvalue weighted by atomic mass is 10.0. The maximum absolute atomic E-state index is 11.4. The SMILES string of the molecule is CC(=N)CC(=O)Oc1ccc(C2=NNC(=O)CC2)cc1. The molecule has 104 valence electrons. The van der Waals surface area contributed by atoms with Crippen molar-refractivity contribution in [1.82, 2.24) is 5.43 Å². The molecule has 1 aromatic carbocycles. The summed E-state index contributed by atoms with van der Waals surface area (Å²) in [6, 6.07) is 6.92. The average Bonchev–Trinajstić information content (AvgIpc) is 2.39. The molecule has 0 saturated carbocycles. The summed E-state index contributed by atoms with van der Waals surface area (Å²) in [6.07, 6.45) is 1.01. The van der Waals surface area contributed by atoms with Crippen LogP contribution in [0, 0.1) is 5.41 Å². The first-order valence-electron chi connectivity index (χ1n) is 6.25. The van der Waals surface area contributed by atoms with Crippen molar-refractivity contribution >= 4 is 23.3 Å². The van der Waals surface area contributed by atoms with Gasteiger partial charge in [0.15, 0.2) is 0 Å². The Bertz CT molecular complexity index is 576. The van der Waals surface area contributed by atoms with E-state index in [9.17, 15) is 9.59 Å². The number of hydrogen-bond acceptors (Lipinski definition) is 5. The third-order valence-corrected chi connectivity index (χ3v) is 2.73. The molecule has 2 rings (SSSR count). The highest BCUT2D eigenvalue weighted by Gasteiger charge is 2.13. The van der Waals surface area contributed by atoms with Gasteiger partial charge in [-0.15, -0.1) is 0 Å². The highest BCUT2D eigenvalue weighted by molar-refractivity contribution is 6.04. The first-order valence-corrected chi connectivity index (χ1v) is 6.25. The van der Waals surface area contributed by atoms with E-state index in [1.807, 2.05) is 0 Å². The maximum atomic E-state index is 11.4. The van der Waals surface area contributed by atoms with E-state index in [1.54, 1.807) is 31.2 Å². The molecule has 1 aliphatic rings. The zero-order valence-electron chi connectivity index (χ0n) is 11.1. The van der Waals surface area contributed by atoms with Crippen LogP contribution in [0.5, 0.6) is 5.75 Å². The van der Waals surface area contributed by atoms with Crippen molar-refractivity contribution in [3.63, 3.8) is 0 Å². The van der Waals surface area contributed by atoms with Gasteiger partial charge in [-0.25, -0.2) is 5.43 Å². The van der Waals surface area contributed by atoms with Crippen molar-refractivity contribution in [2.75, 3.05) is 0 Å². The molecule has 1 aliphatic heterocycles. The van der Waals surface area contributed by atoms with Crippen LogP contribution in [0.4, 0.5) is 0 Å². The minimum Gasteiger partial charge on any atom is -0.426 e. The first kappa shape index (κ1) is 13.9. The summed E-state index contributed by atoms with van der Waals surface area (Å²) in [5.41, 5.74) is 4.39. The van der Waals surface area contributed by atoms with E-state index in [1.165, 1.54) is 0 Å². The number of nitrogens with zero attached hydrogens (tertiary/aromatic N) is 1. The maximum Gasteiger partial charge on any atom is 0.316 e. The zero-order chi connectivity index (χ0) is 14.5. The molecule has 20 heavy (non-hydrogen) atoms. The fraction of sp³-hybridized carbons (Fsp3) is 0.286. The Morgan fingerprint density at radius 3 is 2.60 bits per heavy atom. The van der Waals surface area contributed by atoms with Crippen molar-refractivity contribution in [1.29, 1.82) is 5.41 Å². The van der Waals surface area contributed by atoms with Crippen LogP contribution < -0.4 is 10.2 Å². The number of hydrazone groups is 1. The number of benzene rings is 1. The van der Waals surface area contributed by atoms with Crippen LogP contribution in [-0.4, -0.2) is 23.3 Å². The molecule has 1 amide bonds. The summed E-state index contributed by atoms with van der Waals surface area (Å²) in [7, 11) is 0. The minimum absolute atomic E-state index is 0.0134. The number of amides is 1. The third-order valence-electron chi connectivity index (χ3n) is 2.73. The smallest absolute Gasteiger partial charge is 0.316 e. The van der Waals surface area contributed by atoms with E-state index in [-0.39, 0.29) is 18.0 Å². The van der Waals surface area contributed by atoms with Crippen molar-refractivity contribution in [2.24, 2.45) is 5.10 Å². The van der Waals surface area contributed by atoms with Crippen molar-refractivity contribution in [2.45, 2.75) is 26.2 Å². The normalized spacial score (nSPS) is 14.2. The number of esters is 1. The number of carbonyl (C=O) groups is 2. The van der Waals surface area contributed by atoms with E-state index in [4.69, 9.17) is 10.1 Å². The molecular formula is C14H15N3O3. The average molecular weight is 273 g/mol. The lowest BCUT2D eigenvalue weighted by Gasteiger charge is -2.12. The highest BCUT2D eigenvalue weighted by atomic mass is 16.5. The molecule has 1 aromatic rings. The molecule has 1 heterocycles. The van der Waals surface area contributed by atoms with E-state index in [2.05, 4.69) is 10.5 Å². The molecule has 0 aliphatic carbocycles. The zero-order valence-corrected chi connectivity index (χ0v) is 11.1. The predicted molar refractivity (Wildman–Crippen MR) is 74.0 cm³/mol. The van der Waals surface area contributed by atoms with Crippen LogP contribution in [0.15, 0.2) is 29.4 Å². The molecule has 0 bridgehead atoms. The van der Waals surface area contributed by atoms with E-state index in [0.717, 1.165) is 11.3 Å². The van der Waals surface area contributed by atoms with Crippen LogP contribution >= 0.6 is 0 Å². The monoisotopic (exact) mass is 273 g/mol. The standard InChI is InChI=1S/C14H15N3O3/c1-9(15)8-14(19)20-11-4-2-10(3-5-11)12-6-7-13(18)17-16-12/h2-5,15H,6-8H2,1H3,(H,17,18). The summed E-state index contributed by atoms with van der Waals surface area (Å²) < 4.78 is 5.10. The number of hydrogen-bond donors (Lipinski definition) is 2. The second-order valence-corrected chi connectivity index (χ2v) is 4.55. The van der Waals surface area contributed by atoms with Crippen LogP contribution in [0.1, 0.15) is 31.7 Å². The van der Waals surface area contributed by atoms with E-state index in [0.29, 0.717) is 18.6 Å². The van der Waals surface area contributed by atoms with Gasteiger partial charge in [0.1, 0.15) is 5.75 Å². The van der Waals surface area contributed by atoms with Crippen molar-refractivity contribution in [3.05, 3.63) is 29.8 Å². The molecule has 0 aromatic heterocycles. The van der Waals surface area contributed by atoms with Gasteiger partial charge in [-0.05, 0) is 36.8 Å². The lowest BCUT2D eigenvalue weighted by molar-refractivity contribution is -0.133. The lowest BCUT2D eigenvalue weighted by Crippen LogP contribution is -2.25. The summed E-state index contributed by atoms with van der Waals surface area (Å²) in [5.74, 6) is -0.103. The largest absolute Gasteiger partial charge is 0.426 e. The van der Waals surface area contributed by atoms with Gasteiger partial charge < -0.3 is 10.1 Å². The quantitative estimate of drug-likeness (QED) is 0.496. The number of carbonyl (C=O) groups excluding carboxylic acids is 2. The molecule has 0 spiro atoms. The molecule has 6 heteroatoms. The summed E-state index contributed by atoms with van der Waals surface area (Å²) >= 11 is 0. The molecule has 6 nitrogen and oxygen atoms in total. The summed E-state index contributed by atoms with van der Waals surface area (Å²) in [6.45, 7) is 1.56. The Labute approximate surface area is 116 Å². The molecule has 0 saturated heterocycles. The fourth-order valence-corrected chi connectivity index (χ4v) is 1.78. The molecule has 2 N–H and O–H groups in total. The summed E-state index contributed by atoms with van der Waals surface area (Å²) in [5, 5.41) is 11.2. The van der Waals surface area contributed by atoms with Gasteiger partial charge in [0.25, 0.3) is 0 Å². The van der Waals surface area contributed by atoms with Gasteiger partial charge >= 0.3 is 5.97 Å². The number of ether oxygens (including phenoxy) is 1. The molecule has 0 atom stereocenters. The van der Waals surface area contributed by atoms with Crippen LogP contribution in [-0.2, 0) is 9.59 Å². The van der Waals surface area contributed by atoms with E-state index >= 15 is 0 Å². The topological polar surface area (TPSA) is 91.6 Å². The third kappa shape index (κ3) is 3.74. The highest BCUT2D eigenvalue weighted by Crippen LogP contribution is 2.16. The van der Waals surface area contributed by atoms with Gasteiger partial charge in [-0.3, -0.25) is 9.59 Å². The van der Waals surface area contributed by atoms with Crippen LogP contribution in [0.3, 0.4) is 0 Å². The molecule has 0 unspecified atom stereocenters. The Morgan fingerprint density at radius 2 is 2.05 bits per heavy atom. The fourth-order valence-electron chi connectivity index (χ4n) is 1.78. The van der Waals surface area contributed by atoms with Crippen LogP contribution in [0.2, 0.25) is 0 Å². The van der Waals surface area contributed by atoms with Gasteiger partial charge in [0.2, 0.25) is 5.91 Å². The second-order valence-electron chi connectivity index (χ2n) is 4.55. The Kier molecular flexibility index (Phi) is 4.24. The molecule has 0 fully saturated rings. The predicted octanol–water partition coefficient (Wildman–Crippen LogP) is 1.64. The van der Waals surface area contributed by atoms with Gasteiger partial charge in [0, 0.05) is 18.6 Å². The molecule has 0 radical (unpaired) electrons. The van der Waals surface area contributed by atoms with Crippen molar-refractivity contribution < 1.29 is 14.3 Å². The van der Waals surface area contributed by atoms with Gasteiger partial charge in [-0.1, -0.05) is 0 Å². The minimum atomic E-state index is -0.451. The Morgan fingerprint density at radius 1 is 1.35 bits per heavy atom. The van der Waals surface area contributed by atoms with E-state index < -0.39 is 5.97 Å². The Balaban J connectivity index is 2.01.